The van der Waals surface area contributed by atoms with Gasteiger partial charge in [-0.3, -0.25) is 10.3 Å². The zero-order valence-electron chi connectivity index (χ0n) is 11.3. The number of rotatable bonds is 3. The Hall–Kier alpha value is -2.88. The minimum atomic E-state index is -0.466. The van der Waals surface area contributed by atoms with Gasteiger partial charge in [0, 0.05) is 23.5 Å². The van der Waals surface area contributed by atoms with Crippen molar-refractivity contribution in [2.75, 3.05) is 5.32 Å². The van der Waals surface area contributed by atoms with E-state index in [2.05, 4.69) is 10.3 Å². The number of hydrogen-bond acceptors (Lipinski definition) is 3. The fourth-order valence-corrected chi connectivity index (χ4v) is 2.04. The molecule has 0 radical (unpaired) electrons. The number of fused-ring (bicyclic) bond motifs is 1. The standard InChI is InChI=1S/C17H14N2O2/c20-17(21-12-13-4-2-1-3-5-13)19-16-7-6-15-11-18-9-8-14(15)10-16/h1-11H,12H2,(H,19,20). The maximum Gasteiger partial charge on any atom is 0.411 e. The van der Waals surface area contributed by atoms with E-state index in [-0.39, 0.29) is 6.61 Å². The van der Waals surface area contributed by atoms with Gasteiger partial charge in [-0.05, 0) is 29.1 Å². The van der Waals surface area contributed by atoms with E-state index in [9.17, 15) is 4.79 Å². The number of nitrogens with zero attached hydrogens (tertiary/aromatic N) is 1. The highest BCUT2D eigenvalue weighted by molar-refractivity contribution is 5.90. The molecule has 1 aromatic heterocycles. The van der Waals surface area contributed by atoms with E-state index < -0.39 is 6.09 Å². The summed E-state index contributed by atoms with van der Waals surface area (Å²) in [4.78, 5) is 15.8. The molecule has 1 N–H and O–H groups in total. The van der Waals surface area contributed by atoms with E-state index in [4.69, 9.17) is 4.74 Å². The van der Waals surface area contributed by atoms with Crippen molar-refractivity contribution < 1.29 is 9.53 Å². The van der Waals surface area contributed by atoms with Crippen LogP contribution < -0.4 is 5.32 Å². The van der Waals surface area contributed by atoms with E-state index >= 15 is 0 Å². The van der Waals surface area contributed by atoms with Crippen LogP contribution in [0, 0.1) is 0 Å². The van der Waals surface area contributed by atoms with Crippen molar-refractivity contribution in [1.82, 2.24) is 4.98 Å². The van der Waals surface area contributed by atoms with E-state index in [0.29, 0.717) is 5.69 Å². The molecule has 4 heteroatoms. The molecule has 0 unspecified atom stereocenters. The molecule has 0 fully saturated rings. The molecule has 104 valence electrons. The van der Waals surface area contributed by atoms with Gasteiger partial charge in [-0.15, -0.1) is 0 Å². The Balaban J connectivity index is 1.63. The lowest BCUT2D eigenvalue weighted by Gasteiger charge is -2.08. The first-order chi connectivity index (χ1) is 10.3. The first-order valence-electron chi connectivity index (χ1n) is 6.63. The van der Waals surface area contributed by atoms with Crippen LogP contribution >= 0.6 is 0 Å². The molecule has 3 rings (SSSR count). The second kappa shape index (κ2) is 6.05. The summed E-state index contributed by atoms with van der Waals surface area (Å²) in [5, 5.41) is 4.77. The molecule has 0 bridgehead atoms. The number of carbonyl (C=O) groups excluding carboxylic acids is 1. The van der Waals surface area contributed by atoms with Crippen molar-refractivity contribution in [2.45, 2.75) is 6.61 Å². The van der Waals surface area contributed by atoms with Gasteiger partial charge in [0.1, 0.15) is 6.61 Å². The predicted molar refractivity (Wildman–Crippen MR) is 82.0 cm³/mol. The molecule has 1 heterocycles. The molecule has 4 nitrogen and oxygen atoms in total. The number of amides is 1. The van der Waals surface area contributed by atoms with Crippen LogP contribution in [0.5, 0.6) is 0 Å². The fourth-order valence-electron chi connectivity index (χ4n) is 2.04. The zero-order valence-corrected chi connectivity index (χ0v) is 11.3. The molecule has 0 aliphatic carbocycles. The largest absolute Gasteiger partial charge is 0.444 e. The number of aromatic nitrogens is 1. The predicted octanol–water partition coefficient (Wildman–Crippen LogP) is 3.98. The van der Waals surface area contributed by atoms with Crippen LogP contribution in [-0.4, -0.2) is 11.1 Å². The smallest absolute Gasteiger partial charge is 0.411 e. The van der Waals surface area contributed by atoms with Gasteiger partial charge >= 0.3 is 6.09 Å². The number of pyridine rings is 1. The number of benzene rings is 2. The molecule has 0 spiro atoms. The van der Waals surface area contributed by atoms with E-state index in [1.54, 1.807) is 12.4 Å². The summed E-state index contributed by atoms with van der Waals surface area (Å²) in [7, 11) is 0. The van der Waals surface area contributed by atoms with Gasteiger partial charge in [0.15, 0.2) is 0 Å². The highest BCUT2D eigenvalue weighted by Gasteiger charge is 2.04. The Kier molecular flexibility index (Phi) is 3.78. The molecular weight excluding hydrogens is 264 g/mol. The summed E-state index contributed by atoms with van der Waals surface area (Å²) in [6.07, 6.45) is 3.04. The molecule has 3 aromatic rings. The van der Waals surface area contributed by atoms with Gasteiger partial charge in [-0.1, -0.05) is 36.4 Å². The van der Waals surface area contributed by atoms with Crippen LogP contribution in [-0.2, 0) is 11.3 Å². The van der Waals surface area contributed by atoms with Crippen molar-refractivity contribution in [2.24, 2.45) is 0 Å². The van der Waals surface area contributed by atoms with Crippen LogP contribution in [0.2, 0.25) is 0 Å². The van der Waals surface area contributed by atoms with Crippen molar-refractivity contribution in [1.29, 1.82) is 0 Å². The average Bonchev–Trinajstić information content (AvgIpc) is 2.54. The summed E-state index contributed by atoms with van der Waals surface area (Å²) in [5.74, 6) is 0. The summed E-state index contributed by atoms with van der Waals surface area (Å²) < 4.78 is 5.18. The lowest BCUT2D eigenvalue weighted by Crippen LogP contribution is -2.13. The monoisotopic (exact) mass is 278 g/mol. The molecule has 2 aromatic carbocycles. The average molecular weight is 278 g/mol. The number of anilines is 1. The molecule has 0 atom stereocenters. The van der Waals surface area contributed by atoms with Gasteiger partial charge in [0.05, 0.1) is 0 Å². The molecule has 1 amide bonds. The normalized spacial score (nSPS) is 10.3. The molecule has 0 aliphatic rings. The molecule has 21 heavy (non-hydrogen) atoms. The Labute approximate surface area is 122 Å². The second-order valence-electron chi connectivity index (χ2n) is 4.62. The van der Waals surface area contributed by atoms with Gasteiger partial charge < -0.3 is 4.74 Å². The number of ether oxygens (including phenoxy) is 1. The van der Waals surface area contributed by atoms with Crippen molar-refractivity contribution in [3.8, 4) is 0 Å². The maximum atomic E-state index is 11.8. The van der Waals surface area contributed by atoms with Gasteiger partial charge in [-0.25, -0.2) is 4.79 Å². The Morgan fingerprint density at radius 3 is 2.76 bits per heavy atom. The van der Waals surface area contributed by atoms with Gasteiger partial charge in [0.25, 0.3) is 0 Å². The lowest BCUT2D eigenvalue weighted by molar-refractivity contribution is 0.155. The van der Waals surface area contributed by atoms with E-state index in [1.165, 1.54) is 0 Å². The highest BCUT2D eigenvalue weighted by atomic mass is 16.5. The Morgan fingerprint density at radius 2 is 1.90 bits per heavy atom. The van der Waals surface area contributed by atoms with E-state index in [0.717, 1.165) is 16.3 Å². The first-order valence-corrected chi connectivity index (χ1v) is 6.63. The topological polar surface area (TPSA) is 51.2 Å². The van der Waals surface area contributed by atoms with Crippen molar-refractivity contribution >= 4 is 22.6 Å². The minimum Gasteiger partial charge on any atom is -0.444 e. The van der Waals surface area contributed by atoms with Crippen molar-refractivity contribution in [3.05, 3.63) is 72.6 Å². The number of hydrogen-bond donors (Lipinski definition) is 1. The third-order valence-corrected chi connectivity index (χ3v) is 3.10. The van der Waals surface area contributed by atoms with E-state index in [1.807, 2.05) is 54.6 Å². The first kappa shape index (κ1) is 13.1. The van der Waals surface area contributed by atoms with Crippen LogP contribution in [0.1, 0.15) is 5.56 Å². The molecular formula is C17H14N2O2. The summed E-state index contributed by atoms with van der Waals surface area (Å²) in [6, 6.07) is 17.1. The summed E-state index contributed by atoms with van der Waals surface area (Å²) >= 11 is 0. The van der Waals surface area contributed by atoms with Crippen LogP contribution in [0.15, 0.2) is 67.0 Å². The van der Waals surface area contributed by atoms with Gasteiger partial charge in [0.2, 0.25) is 0 Å². The van der Waals surface area contributed by atoms with Gasteiger partial charge in [-0.2, -0.15) is 0 Å². The summed E-state index contributed by atoms with van der Waals surface area (Å²) in [5.41, 5.74) is 1.66. The fraction of sp³-hybridized carbons (Fsp3) is 0.0588. The number of carbonyl (C=O) groups is 1. The second-order valence-corrected chi connectivity index (χ2v) is 4.62. The summed E-state index contributed by atoms with van der Waals surface area (Å²) in [6.45, 7) is 0.254. The van der Waals surface area contributed by atoms with Crippen molar-refractivity contribution in [3.63, 3.8) is 0 Å². The third-order valence-electron chi connectivity index (χ3n) is 3.10. The quantitative estimate of drug-likeness (QED) is 0.788. The maximum absolute atomic E-state index is 11.8. The van der Waals surface area contributed by atoms with Crippen LogP contribution in [0.3, 0.4) is 0 Å². The Bertz CT molecular complexity index is 757. The number of nitrogens with one attached hydrogen (secondary N) is 1. The Morgan fingerprint density at radius 1 is 1.05 bits per heavy atom. The molecule has 0 saturated carbocycles. The zero-order chi connectivity index (χ0) is 14.5. The highest BCUT2D eigenvalue weighted by Crippen LogP contribution is 2.18. The molecule has 0 saturated heterocycles. The van der Waals surface area contributed by atoms with Crippen LogP contribution in [0.25, 0.3) is 10.8 Å². The SMILES string of the molecule is O=C(Nc1ccc2cnccc2c1)OCc1ccccc1. The third kappa shape index (κ3) is 3.36. The molecule has 0 aliphatic heterocycles. The van der Waals surface area contributed by atoms with Crippen LogP contribution in [0.4, 0.5) is 10.5 Å². The lowest BCUT2D eigenvalue weighted by atomic mass is 10.1. The minimum absolute atomic E-state index is 0.254.